The zero-order valence-corrected chi connectivity index (χ0v) is 12.3. The summed E-state index contributed by atoms with van der Waals surface area (Å²) in [6, 6.07) is 7.49. The van der Waals surface area contributed by atoms with Crippen LogP contribution in [0.15, 0.2) is 52.4 Å². The van der Waals surface area contributed by atoms with Gasteiger partial charge in [-0.25, -0.2) is 4.99 Å². The van der Waals surface area contributed by atoms with E-state index in [0.717, 1.165) is 23.2 Å². The summed E-state index contributed by atoms with van der Waals surface area (Å²) in [5.74, 6) is 0.0368. The third-order valence-corrected chi connectivity index (χ3v) is 2.98. The molecule has 0 atom stereocenters. The van der Waals surface area contributed by atoms with Gasteiger partial charge in [-0.15, -0.1) is 0 Å². The lowest BCUT2D eigenvalue weighted by molar-refractivity contribution is -0.112. The summed E-state index contributed by atoms with van der Waals surface area (Å²) in [7, 11) is 0. The van der Waals surface area contributed by atoms with Crippen LogP contribution in [0.1, 0.15) is 19.4 Å². The van der Waals surface area contributed by atoms with Gasteiger partial charge >= 0.3 is 0 Å². The molecule has 0 fully saturated rings. The molecule has 1 aromatic rings. The average molecular weight is 282 g/mol. The minimum Gasteiger partial charge on any atom is -0.343 e. The second-order valence-corrected chi connectivity index (χ2v) is 4.93. The number of nitrogens with one attached hydrogen (secondary N) is 3. The minimum atomic E-state index is -0.359. The predicted molar refractivity (Wildman–Crippen MR) is 85.6 cm³/mol. The van der Waals surface area contributed by atoms with Crippen molar-refractivity contribution in [1.82, 2.24) is 5.32 Å². The van der Waals surface area contributed by atoms with Gasteiger partial charge in [0.15, 0.2) is 0 Å². The maximum absolute atomic E-state index is 12.3. The molecule has 108 valence electrons. The van der Waals surface area contributed by atoms with E-state index < -0.39 is 0 Å². The molecule has 1 aliphatic rings. The Balaban J connectivity index is 2.25. The summed E-state index contributed by atoms with van der Waals surface area (Å²) in [5.41, 5.74) is 3.69. The van der Waals surface area contributed by atoms with Crippen molar-refractivity contribution >= 4 is 23.5 Å². The van der Waals surface area contributed by atoms with E-state index >= 15 is 0 Å². The molecule has 0 spiro atoms. The van der Waals surface area contributed by atoms with Gasteiger partial charge < -0.3 is 16.0 Å². The molecule has 0 radical (unpaired) electrons. The molecular weight excluding hydrogens is 264 g/mol. The molecule has 5 heteroatoms. The quantitative estimate of drug-likeness (QED) is 0.589. The van der Waals surface area contributed by atoms with Crippen LogP contribution < -0.4 is 10.6 Å². The maximum atomic E-state index is 12.3. The molecule has 1 amide bonds. The predicted octanol–water partition coefficient (Wildman–Crippen LogP) is 2.76. The van der Waals surface area contributed by atoms with Crippen molar-refractivity contribution in [3.8, 4) is 0 Å². The van der Waals surface area contributed by atoms with Crippen molar-refractivity contribution in [1.29, 1.82) is 5.41 Å². The Morgan fingerprint density at radius 2 is 1.90 bits per heavy atom. The highest BCUT2D eigenvalue weighted by molar-refractivity contribution is 6.18. The lowest BCUT2D eigenvalue weighted by Gasteiger charge is -2.16. The summed E-state index contributed by atoms with van der Waals surface area (Å²) < 4.78 is 0. The van der Waals surface area contributed by atoms with Crippen LogP contribution in [0, 0.1) is 12.3 Å². The van der Waals surface area contributed by atoms with Crippen molar-refractivity contribution in [2.45, 2.75) is 20.8 Å². The summed E-state index contributed by atoms with van der Waals surface area (Å²) >= 11 is 0. The average Bonchev–Trinajstić information content (AvgIpc) is 2.41. The Hall–Kier alpha value is -2.69. The van der Waals surface area contributed by atoms with E-state index in [1.54, 1.807) is 0 Å². The number of benzene rings is 1. The topological polar surface area (TPSA) is 77.3 Å². The van der Waals surface area contributed by atoms with Gasteiger partial charge in [0.05, 0.1) is 5.57 Å². The molecule has 1 heterocycles. The molecule has 5 nitrogen and oxygen atoms in total. The smallest absolute Gasteiger partial charge is 0.260 e. The molecule has 0 aromatic heterocycles. The second kappa shape index (κ2) is 6.17. The van der Waals surface area contributed by atoms with Crippen molar-refractivity contribution in [3.05, 3.63) is 53.0 Å². The second-order valence-electron chi connectivity index (χ2n) is 4.93. The van der Waals surface area contributed by atoms with Gasteiger partial charge in [0.2, 0.25) is 0 Å². The monoisotopic (exact) mass is 282 g/mol. The van der Waals surface area contributed by atoms with Gasteiger partial charge in [-0.1, -0.05) is 17.7 Å². The number of aryl methyl sites for hydroxylation is 1. The first-order valence-corrected chi connectivity index (χ1v) is 6.63. The van der Waals surface area contributed by atoms with E-state index in [9.17, 15) is 4.79 Å². The van der Waals surface area contributed by atoms with Crippen LogP contribution >= 0.6 is 0 Å². The zero-order chi connectivity index (χ0) is 15.4. The zero-order valence-electron chi connectivity index (χ0n) is 12.3. The highest BCUT2D eigenvalue weighted by Gasteiger charge is 2.16. The molecule has 0 bridgehead atoms. The van der Waals surface area contributed by atoms with E-state index in [1.165, 1.54) is 0 Å². The SMILES string of the molecule is CC1=CC(C)=N/C(=C(/C=N)C(=O)Nc2ccc(C)cc2)N1. The third kappa shape index (κ3) is 3.66. The molecule has 3 N–H and O–H groups in total. The third-order valence-electron chi connectivity index (χ3n) is 2.98. The first-order chi connectivity index (χ1) is 9.99. The van der Waals surface area contributed by atoms with Gasteiger partial charge in [-0.05, 0) is 39.0 Å². The first kappa shape index (κ1) is 14.7. The largest absolute Gasteiger partial charge is 0.343 e. The highest BCUT2D eigenvalue weighted by atomic mass is 16.1. The van der Waals surface area contributed by atoms with Gasteiger partial charge in [-0.2, -0.15) is 0 Å². The maximum Gasteiger partial charge on any atom is 0.260 e. The number of nitrogens with zero attached hydrogens (tertiary/aromatic N) is 1. The number of hydrogen-bond acceptors (Lipinski definition) is 4. The van der Waals surface area contributed by atoms with Crippen LogP contribution in [-0.4, -0.2) is 17.8 Å². The van der Waals surface area contributed by atoms with Crippen LogP contribution in [0.2, 0.25) is 0 Å². The van der Waals surface area contributed by atoms with Gasteiger partial charge in [-0.3, -0.25) is 4.79 Å². The lowest BCUT2D eigenvalue weighted by Crippen LogP contribution is -2.24. The number of rotatable bonds is 3. The standard InChI is InChI=1S/C16H18N4O/c1-10-4-6-13(7-5-10)20-16(21)14(9-17)15-18-11(2)8-12(3)19-15/h4-9,17-18H,1-3H3,(H,20,21)/b15-14-,17-9?. The Bertz CT molecular complexity index is 666. The highest BCUT2D eigenvalue weighted by Crippen LogP contribution is 2.14. The van der Waals surface area contributed by atoms with Crippen LogP contribution in [0.3, 0.4) is 0 Å². The molecule has 0 saturated carbocycles. The molecule has 1 aromatic carbocycles. The van der Waals surface area contributed by atoms with Gasteiger partial charge in [0.25, 0.3) is 5.91 Å². The molecule has 0 aliphatic carbocycles. The van der Waals surface area contributed by atoms with E-state index in [-0.39, 0.29) is 11.5 Å². The summed E-state index contributed by atoms with van der Waals surface area (Å²) in [6.45, 7) is 5.72. The van der Waals surface area contributed by atoms with Crippen LogP contribution in [0.4, 0.5) is 5.69 Å². The summed E-state index contributed by atoms with van der Waals surface area (Å²) in [6.07, 6.45) is 2.89. The van der Waals surface area contributed by atoms with Crippen molar-refractivity contribution in [2.75, 3.05) is 5.32 Å². The normalized spacial score (nSPS) is 16.3. The Morgan fingerprint density at radius 3 is 2.48 bits per heavy atom. The lowest BCUT2D eigenvalue weighted by atomic mass is 10.2. The number of anilines is 1. The Morgan fingerprint density at radius 1 is 1.24 bits per heavy atom. The number of aliphatic imine (C=N–C) groups is 1. The van der Waals surface area contributed by atoms with Gasteiger partial charge in [0, 0.05) is 23.3 Å². The fraction of sp³-hybridized carbons (Fsp3) is 0.188. The minimum absolute atomic E-state index is 0.197. The molecule has 0 unspecified atom stereocenters. The Labute approximate surface area is 124 Å². The molecule has 1 aliphatic heterocycles. The van der Waals surface area contributed by atoms with E-state index in [4.69, 9.17) is 5.41 Å². The molecule has 0 saturated heterocycles. The van der Waals surface area contributed by atoms with Gasteiger partial charge in [0.1, 0.15) is 5.82 Å². The van der Waals surface area contributed by atoms with E-state index in [2.05, 4.69) is 15.6 Å². The fourth-order valence-electron chi connectivity index (χ4n) is 1.98. The first-order valence-electron chi connectivity index (χ1n) is 6.63. The van der Waals surface area contributed by atoms with Crippen molar-refractivity contribution in [3.63, 3.8) is 0 Å². The number of carbonyl (C=O) groups is 1. The van der Waals surface area contributed by atoms with E-state index in [0.29, 0.717) is 11.5 Å². The van der Waals surface area contributed by atoms with Crippen LogP contribution in [0.25, 0.3) is 0 Å². The van der Waals surface area contributed by atoms with Crippen LogP contribution in [-0.2, 0) is 4.79 Å². The Kier molecular flexibility index (Phi) is 4.33. The van der Waals surface area contributed by atoms with E-state index in [1.807, 2.05) is 51.1 Å². The van der Waals surface area contributed by atoms with Crippen LogP contribution in [0.5, 0.6) is 0 Å². The number of carbonyl (C=O) groups excluding carboxylic acids is 1. The molecule has 21 heavy (non-hydrogen) atoms. The van der Waals surface area contributed by atoms with Crippen molar-refractivity contribution < 1.29 is 4.79 Å². The summed E-state index contributed by atoms with van der Waals surface area (Å²) in [5, 5.41) is 13.3. The number of allylic oxidation sites excluding steroid dienone is 2. The summed E-state index contributed by atoms with van der Waals surface area (Å²) in [4.78, 5) is 16.6. The van der Waals surface area contributed by atoms with Crippen molar-refractivity contribution in [2.24, 2.45) is 4.99 Å². The number of hydrogen-bond donors (Lipinski definition) is 3. The number of amides is 1. The molecular formula is C16H18N4O. The fourth-order valence-corrected chi connectivity index (χ4v) is 1.98. The molecule has 2 rings (SSSR count).